The third kappa shape index (κ3) is 4.67. The molecule has 0 saturated heterocycles. The van der Waals surface area contributed by atoms with Gasteiger partial charge in [-0.3, -0.25) is 0 Å². The summed E-state index contributed by atoms with van der Waals surface area (Å²) in [5.41, 5.74) is 10.1. The van der Waals surface area contributed by atoms with E-state index >= 15 is 0 Å². The Labute approximate surface area is 287 Å². The summed E-state index contributed by atoms with van der Waals surface area (Å²) in [5, 5.41) is 4.05. The highest BCUT2D eigenvalue weighted by molar-refractivity contribution is 6.12. The van der Waals surface area contributed by atoms with Crippen molar-refractivity contribution < 1.29 is 8.83 Å². The zero-order valence-electron chi connectivity index (χ0n) is 26.7. The fourth-order valence-corrected chi connectivity index (χ4v) is 6.98. The Morgan fingerprint density at radius 3 is 1.54 bits per heavy atom. The van der Waals surface area contributed by atoms with Gasteiger partial charge in [0.1, 0.15) is 22.3 Å². The van der Waals surface area contributed by atoms with E-state index in [0.717, 1.165) is 82.8 Å². The summed E-state index contributed by atoms with van der Waals surface area (Å²) in [7, 11) is 0. The second-order valence-electron chi connectivity index (χ2n) is 12.4. The highest BCUT2D eigenvalue weighted by Gasteiger charge is 2.21. The van der Waals surface area contributed by atoms with E-state index in [-0.39, 0.29) is 0 Å². The monoisotopic (exact) mass is 641 g/mol. The van der Waals surface area contributed by atoms with Crippen LogP contribution in [-0.2, 0) is 0 Å². The molecule has 0 N–H and O–H groups in total. The van der Waals surface area contributed by atoms with Gasteiger partial charge < -0.3 is 8.83 Å². The van der Waals surface area contributed by atoms with Gasteiger partial charge in [0.25, 0.3) is 0 Å². The maximum absolute atomic E-state index is 6.48. The van der Waals surface area contributed by atoms with Gasteiger partial charge in [-0.1, -0.05) is 121 Å². The predicted molar refractivity (Wildman–Crippen MR) is 202 cm³/mol. The quantitative estimate of drug-likeness (QED) is 0.187. The number of furan rings is 2. The lowest BCUT2D eigenvalue weighted by Crippen LogP contribution is -2.01. The molecule has 3 aromatic heterocycles. The number of fused-ring (bicyclic) bond motifs is 6. The van der Waals surface area contributed by atoms with Gasteiger partial charge in [0.2, 0.25) is 0 Å². The molecule has 10 aromatic rings. The summed E-state index contributed by atoms with van der Waals surface area (Å²) in [6, 6.07) is 55.8. The molecule has 0 spiro atoms. The first-order valence-electron chi connectivity index (χ1n) is 16.6. The van der Waals surface area contributed by atoms with Crippen molar-refractivity contribution in [3.05, 3.63) is 164 Å². The van der Waals surface area contributed by atoms with E-state index in [0.29, 0.717) is 17.5 Å². The van der Waals surface area contributed by atoms with E-state index < -0.39 is 0 Å². The zero-order chi connectivity index (χ0) is 33.0. The first-order valence-corrected chi connectivity index (χ1v) is 16.6. The van der Waals surface area contributed by atoms with Gasteiger partial charge >= 0.3 is 0 Å². The number of aromatic nitrogens is 3. The lowest BCUT2D eigenvalue weighted by molar-refractivity contribution is 0.668. The van der Waals surface area contributed by atoms with Gasteiger partial charge in [0.15, 0.2) is 17.5 Å². The SMILES string of the molecule is c1ccc(-c2cc(-c3ccccc3)cc(-c3nc(-c4cccc5c4oc4ccccc45)nc(-c4cccc5oc6ccccc6c45)n3)c2)cc1. The summed E-state index contributed by atoms with van der Waals surface area (Å²) >= 11 is 0. The summed E-state index contributed by atoms with van der Waals surface area (Å²) in [6.45, 7) is 0. The molecule has 0 fully saturated rings. The molecular formula is C45H27N3O2. The molecule has 0 aliphatic carbocycles. The van der Waals surface area contributed by atoms with E-state index in [1.165, 1.54) is 0 Å². The van der Waals surface area contributed by atoms with Gasteiger partial charge in [-0.25, -0.2) is 15.0 Å². The molecule has 5 nitrogen and oxygen atoms in total. The van der Waals surface area contributed by atoms with Gasteiger partial charge in [-0.05, 0) is 64.7 Å². The third-order valence-electron chi connectivity index (χ3n) is 9.33. The minimum Gasteiger partial charge on any atom is -0.456 e. The van der Waals surface area contributed by atoms with E-state index in [2.05, 4.69) is 91.0 Å². The number of benzene rings is 7. The number of rotatable bonds is 5. The highest BCUT2D eigenvalue weighted by atomic mass is 16.3. The van der Waals surface area contributed by atoms with Crippen LogP contribution in [0.2, 0.25) is 0 Å². The van der Waals surface area contributed by atoms with Crippen molar-refractivity contribution in [2.45, 2.75) is 0 Å². The fraction of sp³-hybridized carbons (Fsp3) is 0. The second-order valence-corrected chi connectivity index (χ2v) is 12.4. The average Bonchev–Trinajstić information content (AvgIpc) is 3.77. The van der Waals surface area contributed by atoms with Crippen LogP contribution >= 0.6 is 0 Å². The standard InChI is InChI=1S/C45H27N3O2/c1-3-13-28(14-4-1)30-25-31(29-15-5-2-6-16-29)27-32(26-30)43-46-44(36-20-12-24-40-41(36)35-18-8-10-23-39(35)49-40)48-45(47-43)37-21-11-19-34-33-17-7-9-22-38(33)50-42(34)37/h1-27H. The van der Waals surface area contributed by atoms with E-state index in [9.17, 15) is 0 Å². The molecule has 50 heavy (non-hydrogen) atoms. The molecule has 0 bridgehead atoms. The molecular weight excluding hydrogens is 615 g/mol. The highest BCUT2D eigenvalue weighted by Crippen LogP contribution is 2.39. The van der Waals surface area contributed by atoms with Crippen molar-refractivity contribution in [3.63, 3.8) is 0 Å². The predicted octanol–water partition coefficient (Wildman–Crippen LogP) is 12.0. The van der Waals surface area contributed by atoms with Crippen LogP contribution in [0.5, 0.6) is 0 Å². The molecule has 234 valence electrons. The first-order chi connectivity index (χ1) is 24.8. The van der Waals surface area contributed by atoms with Crippen molar-refractivity contribution in [1.29, 1.82) is 0 Å². The first kappa shape index (κ1) is 28.2. The van der Waals surface area contributed by atoms with E-state index in [4.69, 9.17) is 23.8 Å². The summed E-state index contributed by atoms with van der Waals surface area (Å²) in [5.74, 6) is 1.66. The van der Waals surface area contributed by atoms with Crippen LogP contribution in [0, 0.1) is 0 Å². The lowest BCUT2D eigenvalue weighted by Gasteiger charge is -2.13. The van der Waals surface area contributed by atoms with Crippen LogP contribution in [0.15, 0.2) is 173 Å². The smallest absolute Gasteiger partial charge is 0.167 e. The van der Waals surface area contributed by atoms with Crippen LogP contribution < -0.4 is 0 Å². The summed E-state index contributed by atoms with van der Waals surface area (Å²) in [6.07, 6.45) is 0. The molecule has 0 aliphatic rings. The van der Waals surface area contributed by atoms with Crippen molar-refractivity contribution in [2.75, 3.05) is 0 Å². The zero-order valence-corrected chi connectivity index (χ0v) is 26.7. The minimum absolute atomic E-state index is 0.533. The Kier molecular flexibility index (Phi) is 6.42. The van der Waals surface area contributed by atoms with Gasteiger partial charge in [0.05, 0.1) is 5.56 Å². The van der Waals surface area contributed by atoms with Crippen molar-refractivity contribution >= 4 is 43.9 Å². The second kappa shape index (κ2) is 11.4. The van der Waals surface area contributed by atoms with Crippen LogP contribution in [0.3, 0.4) is 0 Å². The summed E-state index contributed by atoms with van der Waals surface area (Å²) in [4.78, 5) is 15.6. The maximum atomic E-state index is 6.48. The number of para-hydroxylation sites is 3. The Morgan fingerprint density at radius 1 is 0.320 bits per heavy atom. The molecule has 0 saturated carbocycles. The normalized spacial score (nSPS) is 11.6. The van der Waals surface area contributed by atoms with Crippen molar-refractivity contribution in [1.82, 2.24) is 15.0 Å². The van der Waals surface area contributed by atoms with Crippen LogP contribution in [0.4, 0.5) is 0 Å². The Bertz CT molecular complexity index is 2810. The molecule has 5 heteroatoms. The molecule has 0 atom stereocenters. The van der Waals surface area contributed by atoms with Gasteiger partial charge in [-0.15, -0.1) is 0 Å². The van der Waals surface area contributed by atoms with Gasteiger partial charge in [0, 0.05) is 32.7 Å². The number of hydrogen-bond acceptors (Lipinski definition) is 5. The molecule has 0 unspecified atom stereocenters. The van der Waals surface area contributed by atoms with E-state index in [1.807, 2.05) is 72.8 Å². The van der Waals surface area contributed by atoms with Crippen LogP contribution in [0.1, 0.15) is 0 Å². The minimum atomic E-state index is 0.533. The van der Waals surface area contributed by atoms with Crippen LogP contribution in [0.25, 0.3) is 100 Å². The largest absolute Gasteiger partial charge is 0.456 e. The number of hydrogen-bond donors (Lipinski definition) is 0. The molecule has 10 rings (SSSR count). The lowest BCUT2D eigenvalue weighted by atomic mass is 9.96. The maximum Gasteiger partial charge on any atom is 0.167 e. The Balaban J connectivity index is 1.27. The molecule has 3 heterocycles. The topological polar surface area (TPSA) is 65.0 Å². The molecule has 7 aromatic carbocycles. The number of nitrogens with zero attached hydrogens (tertiary/aromatic N) is 3. The van der Waals surface area contributed by atoms with E-state index in [1.54, 1.807) is 0 Å². The van der Waals surface area contributed by atoms with Gasteiger partial charge in [-0.2, -0.15) is 0 Å². The Morgan fingerprint density at radius 2 is 0.820 bits per heavy atom. The molecule has 0 radical (unpaired) electrons. The van der Waals surface area contributed by atoms with Crippen LogP contribution in [-0.4, -0.2) is 15.0 Å². The average molecular weight is 642 g/mol. The molecule has 0 amide bonds. The van der Waals surface area contributed by atoms with Crippen molar-refractivity contribution in [2.24, 2.45) is 0 Å². The fourth-order valence-electron chi connectivity index (χ4n) is 6.98. The Hall–Kier alpha value is -6.85. The third-order valence-corrected chi connectivity index (χ3v) is 9.33. The van der Waals surface area contributed by atoms with Crippen molar-refractivity contribution in [3.8, 4) is 56.4 Å². The summed E-state index contributed by atoms with van der Waals surface area (Å²) < 4.78 is 12.8. The molecule has 0 aliphatic heterocycles.